The van der Waals surface area contributed by atoms with Crippen molar-refractivity contribution in [3.8, 4) is 11.5 Å². The number of halogens is 3. The van der Waals surface area contributed by atoms with Gasteiger partial charge in [-0.3, -0.25) is 4.79 Å². The maximum atomic E-state index is 12.5. The molecule has 0 unspecified atom stereocenters. The lowest BCUT2D eigenvalue weighted by molar-refractivity contribution is -0.110. The number of anilines is 1. The van der Waals surface area contributed by atoms with E-state index in [9.17, 15) is 4.79 Å². The van der Waals surface area contributed by atoms with E-state index in [1.54, 1.807) is 12.1 Å². The van der Waals surface area contributed by atoms with E-state index in [0.29, 0.717) is 40.3 Å². The molecule has 1 amide bonds. The molecule has 3 aromatic carbocycles. The van der Waals surface area contributed by atoms with Gasteiger partial charge in [-0.1, -0.05) is 47.5 Å². The molecule has 1 aliphatic rings. The Bertz CT molecular complexity index is 1190. The van der Waals surface area contributed by atoms with Crippen LogP contribution in [0, 0.1) is 3.57 Å². The molecule has 0 radical (unpaired) electrons. The molecule has 3 aromatic rings. The smallest absolute Gasteiger partial charge is 0.256 e. The molecule has 7 heteroatoms. The first-order chi connectivity index (χ1) is 15.0. The van der Waals surface area contributed by atoms with Gasteiger partial charge in [0.2, 0.25) is 0 Å². The number of ether oxygens (including phenoxy) is 2. The van der Waals surface area contributed by atoms with Gasteiger partial charge in [-0.05, 0) is 77.0 Å². The average molecular weight is 566 g/mol. The lowest BCUT2D eigenvalue weighted by Crippen LogP contribution is -2.04. The first kappa shape index (κ1) is 22.0. The Morgan fingerprint density at radius 2 is 1.84 bits per heavy atom. The number of hydrogen-bond acceptors (Lipinski definition) is 3. The summed E-state index contributed by atoms with van der Waals surface area (Å²) in [6.07, 6.45) is 1.87. The number of carbonyl (C=O) groups is 1. The molecule has 0 aliphatic carbocycles. The number of para-hydroxylation sites is 1. The third-order valence-corrected chi connectivity index (χ3v) is 6.26. The van der Waals surface area contributed by atoms with Crippen molar-refractivity contribution in [2.45, 2.75) is 13.5 Å². The maximum Gasteiger partial charge on any atom is 0.256 e. The summed E-state index contributed by atoms with van der Waals surface area (Å²) in [5, 5.41) is 3.89. The zero-order valence-electron chi connectivity index (χ0n) is 16.5. The number of benzene rings is 3. The van der Waals surface area contributed by atoms with Gasteiger partial charge < -0.3 is 14.8 Å². The minimum Gasteiger partial charge on any atom is -0.490 e. The molecule has 0 atom stereocenters. The third kappa shape index (κ3) is 4.84. The topological polar surface area (TPSA) is 47.6 Å². The van der Waals surface area contributed by atoms with Gasteiger partial charge in [-0.25, -0.2) is 0 Å². The molecule has 0 spiro atoms. The van der Waals surface area contributed by atoms with E-state index in [1.807, 2.05) is 55.5 Å². The lowest BCUT2D eigenvalue weighted by Gasteiger charge is -2.15. The molecule has 4 rings (SSSR count). The average Bonchev–Trinajstić information content (AvgIpc) is 3.05. The summed E-state index contributed by atoms with van der Waals surface area (Å²) in [5.41, 5.74) is 4.09. The van der Waals surface area contributed by atoms with E-state index in [4.69, 9.17) is 32.7 Å². The van der Waals surface area contributed by atoms with Crippen LogP contribution >= 0.6 is 45.8 Å². The van der Waals surface area contributed by atoms with Crippen molar-refractivity contribution in [3.05, 3.63) is 84.9 Å². The normalized spacial score (nSPS) is 13.8. The molecule has 1 aliphatic heterocycles. The predicted molar refractivity (Wildman–Crippen MR) is 134 cm³/mol. The van der Waals surface area contributed by atoms with Gasteiger partial charge in [0, 0.05) is 16.8 Å². The number of carbonyl (C=O) groups excluding carboxylic acids is 1. The molecule has 31 heavy (non-hydrogen) atoms. The summed E-state index contributed by atoms with van der Waals surface area (Å²) in [7, 11) is 0. The van der Waals surface area contributed by atoms with Crippen molar-refractivity contribution in [1.29, 1.82) is 0 Å². The predicted octanol–water partition coefficient (Wildman–Crippen LogP) is 7.07. The molecule has 0 bridgehead atoms. The Morgan fingerprint density at radius 3 is 2.61 bits per heavy atom. The zero-order valence-corrected chi connectivity index (χ0v) is 20.2. The van der Waals surface area contributed by atoms with E-state index in [1.165, 1.54) is 0 Å². The SMILES string of the molecule is CCOc1cc(/C=C2\C(=O)Nc3ccccc32)cc(I)c1OCc1ccc(Cl)c(Cl)c1. The quantitative estimate of drug-likeness (QED) is 0.257. The number of fused-ring (bicyclic) bond motifs is 1. The fourth-order valence-corrected chi connectivity index (χ4v) is 4.41. The Morgan fingerprint density at radius 1 is 1.03 bits per heavy atom. The lowest BCUT2D eigenvalue weighted by atomic mass is 10.0. The van der Waals surface area contributed by atoms with Crippen LogP contribution in [0.5, 0.6) is 11.5 Å². The molecule has 0 saturated carbocycles. The Kier molecular flexibility index (Phi) is 6.74. The largest absolute Gasteiger partial charge is 0.490 e. The second kappa shape index (κ2) is 9.51. The van der Waals surface area contributed by atoms with E-state index in [-0.39, 0.29) is 5.91 Å². The third-order valence-electron chi connectivity index (χ3n) is 4.72. The summed E-state index contributed by atoms with van der Waals surface area (Å²) in [5.74, 6) is 1.15. The summed E-state index contributed by atoms with van der Waals surface area (Å²) in [4.78, 5) is 12.5. The van der Waals surface area contributed by atoms with Gasteiger partial charge >= 0.3 is 0 Å². The van der Waals surface area contributed by atoms with Crippen LogP contribution in [0.2, 0.25) is 10.0 Å². The van der Waals surface area contributed by atoms with E-state index in [2.05, 4.69) is 27.9 Å². The van der Waals surface area contributed by atoms with Crippen molar-refractivity contribution in [1.82, 2.24) is 0 Å². The van der Waals surface area contributed by atoms with Crippen LogP contribution in [0.1, 0.15) is 23.6 Å². The summed E-state index contributed by atoms with van der Waals surface area (Å²) in [6.45, 7) is 2.73. The highest BCUT2D eigenvalue weighted by molar-refractivity contribution is 14.1. The molecular weight excluding hydrogens is 548 g/mol. The van der Waals surface area contributed by atoms with E-state index < -0.39 is 0 Å². The standard InChI is InChI=1S/C24H18Cl2INO3/c1-2-30-22-12-15(9-17-16-5-3-4-6-21(16)28-24(17)29)11-20(27)23(22)31-13-14-7-8-18(25)19(26)10-14/h3-12H,2,13H2,1H3,(H,28,29)/b17-9-. The fraction of sp³-hybridized carbons (Fsp3) is 0.125. The maximum absolute atomic E-state index is 12.5. The number of nitrogens with one attached hydrogen (secondary N) is 1. The van der Waals surface area contributed by atoms with Crippen molar-refractivity contribution in [2.24, 2.45) is 0 Å². The van der Waals surface area contributed by atoms with Crippen LogP contribution in [0.15, 0.2) is 54.6 Å². The number of rotatable bonds is 6. The molecule has 0 saturated heterocycles. The number of hydrogen-bond donors (Lipinski definition) is 1. The van der Waals surface area contributed by atoms with Crippen LogP contribution in [-0.4, -0.2) is 12.5 Å². The van der Waals surface area contributed by atoms with Crippen molar-refractivity contribution in [2.75, 3.05) is 11.9 Å². The van der Waals surface area contributed by atoms with Crippen LogP contribution in [-0.2, 0) is 11.4 Å². The number of amides is 1. The highest BCUT2D eigenvalue weighted by Gasteiger charge is 2.23. The molecule has 158 valence electrons. The molecular formula is C24H18Cl2INO3. The Balaban J connectivity index is 1.65. The Hall–Kier alpha value is -2.22. The molecule has 0 fully saturated rings. The van der Waals surface area contributed by atoms with Crippen molar-refractivity contribution < 1.29 is 14.3 Å². The summed E-state index contributed by atoms with van der Waals surface area (Å²) >= 11 is 14.3. The van der Waals surface area contributed by atoms with Gasteiger partial charge in [0.05, 0.1) is 20.2 Å². The van der Waals surface area contributed by atoms with Gasteiger partial charge in [0.25, 0.3) is 5.91 Å². The van der Waals surface area contributed by atoms with Crippen molar-refractivity contribution in [3.63, 3.8) is 0 Å². The van der Waals surface area contributed by atoms with Crippen LogP contribution in [0.3, 0.4) is 0 Å². The van der Waals surface area contributed by atoms with Gasteiger partial charge in [0.15, 0.2) is 11.5 Å². The van der Waals surface area contributed by atoms with Crippen LogP contribution < -0.4 is 14.8 Å². The fourth-order valence-electron chi connectivity index (χ4n) is 3.31. The zero-order chi connectivity index (χ0) is 22.0. The van der Waals surface area contributed by atoms with Crippen molar-refractivity contribution >= 4 is 69.0 Å². The first-order valence-electron chi connectivity index (χ1n) is 9.61. The summed E-state index contributed by atoms with van der Waals surface area (Å²) < 4.78 is 12.8. The van der Waals surface area contributed by atoms with Gasteiger partial charge in [0.1, 0.15) is 6.61 Å². The highest BCUT2D eigenvalue weighted by Crippen LogP contribution is 2.38. The monoisotopic (exact) mass is 565 g/mol. The molecule has 1 N–H and O–H groups in total. The first-order valence-corrected chi connectivity index (χ1v) is 11.4. The van der Waals surface area contributed by atoms with Gasteiger partial charge in [-0.2, -0.15) is 0 Å². The minimum absolute atomic E-state index is 0.117. The molecule has 4 nitrogen and oxygen atoms in total. The highest BCUT2D eigenvalue weighted by atomic mass is 127. The van der Waals surface area contributed by atoms with E-state index in [0.717, 1.165) is 25.9 Å². The molecule has 0 aromatic heterocycles. The van der Waals surface area contributed by atoms with Gasteiger partial charge in [-0.15, -0.1) is 0 Å². The minimum atomic E-state index is -0.117. The summed E-state index contributed by atoms with van der Waals surface area (Å²) in [6, 6.07) is 16.9. The second-order valence-corrected chi connectivity index (χ2v) is 8.83. The van der Waals surface area contributed by atoms with Crippen LogP contribution in [0.25, 0.3) is 11.6 Å². The Labute approximate surface area is 204 Å². The second-order valence-electron chi connectivity index (χ2n) is 6.86. The van der Waals surface area contributed by atoms with Crippen LogP contribution in [0.4, 0.5) is 5.69 Å². The molecule has 1 heterocycles. The van der Waals surface area contributed by atoms with E-state index >= 15 is 0 Å².